The molecule has 1 heterocycles. The third-order valence-electron chi connectivity index (χ3n) is 2.86. The van der Waals surface area contributed by atoms with Gasteiger partial charge in [0.05, 0.1) is 6.07 Å². The summed E-state index contributed by atoms with van der Waals surface area (Å²) in [6.07, 6.45) is 2.04. The average molecular weight is 213 g/mol. The Morgan fingerprint density at radius 3 is 2.62 bits per heavy atom. The minimum Gasteiger partial charge on any atom is -0.350 e. The summed E-state index contributed by atoms with van der Waals surface area (Å²) in [7, 11) is 5.86. The molecule has 3 heteroatoms. The molecule has 1 atom stereocenters. The van der Waals surface area contributed by atoms with Crippen LogP contribution >= 0.6 is 0 Å². The minimum absolute atomic E-state index is 0.189. The minimum atomic E-state index is -0.189. The summed E-state index contributed by atoms with van der Waals surface area (Å²) in [4.78, 5) is 1.93. The molecule has 0 saturated carbocycles. The lowest BCUT2D eigenvalue weighted by Gasteiger charge is -2.16. The monoisotopic (exact) mass is 213 g/mol. The molecule has 0 radical (unpaired) electrons. The third-order valence-corrected chi connectivity index (χ3v) is 2.86. The fourth-order valence-corrected chi connectivity index (χ4v) is 2.05. The quantitative estimate of drug-likeness (QED) is 0.766. The van der Waals surface area contributed by atoms with E-state index in [0.717, 1.165) is 10.9 Å². The van der Waals surface area contributed by atoms with Crippen molar-refractivity contribution in [2.75, 3.05) is 14.1 Å². The topological polar surface area (TPSA) is 32.0 Å². The summed E-state index contributed by atoms with van der Waals surface area (Å²) in [5, 5.41) is 10.4. The van der Waals surface area contributed by atoms with Crippen LogP contribution in [-0.4, -0.2) is 23.6 Å². The molecule has 0 fully saturated rings. The van der Waals surface area contributed by atoms with Gasteiger partial charge >= 0.3 is 0 Å². The molecule has 0 aliphatic rings. The van der Waals surface area contributed by atoms with Gasteiger partial charge in [-0.1, -0.05) is 18.2 Å². The molecule has 2 aromatic rings. The predicted molar refractivity (Wildman–Crippen MR) is 65.0 cm³/mol. The van der Waals surface area contributed by atoms with Crippen LogP contribution in [0.1, 0.15) is 11.6 Å². The van der Waals surface area contributed by atoms with Gasteiger partial charge in [0, 0.05) is 29.7 Å². The number of hydrogen-bond acceptors (Lipinski definition) is 2. The van der Waals surface area contributed by atoms with Crippen molar-refractivity contribution in [3.63, 3.8) is 0 Å². The number of nitrogens with zero attached hydrogens (tertiary/aromatic N) is 3. The van der Waals surface area contributed by atoms with E-state index in [1.165, 1.54) is 5.52 Å². The Kier molecular flexibility index (Phi) is 2.67. The molecule has 0 aliphatic carbocycles. The lowest BCUT2D eigenvalue weighted by atomic mass is 10.1. The van der Waals surface area contributed by atoms with Crippen LogP contribution < -0.4 is 0 Å². The van der Waals surface area contributed by atoms with Crippen LogP contribution in [0.2, 0.25) is 0 Å². The van der Waals surface area contributed by atoms with Gasteiger partial charge in [0.25, 0.3) is 0 Å². The van der Waals surface area contributed by atoms with Gasteiger partial charge in [-0.25, -0.2) is 0 Å². The van der Waals surface area contributed by atoms with Crippen LogP contribution in [0.25, 0.3) is 10.9 Å². The van der Waals surface area contributed by atoms with Gasteiger partial charge in [0.15, 0.2) is 0 Å². The van der Waals surface area contributed by atoms with Crippen molar-refractivity contribution in [3.05, 3.63) is 36.0 Å². The van der Waals surface area contributed by atoms with E-state index in [1.54, 1.807) is 0 Å². The summed E-state index contributed by atoms with van der Waals surface area (Å²) in [6.45, 7) is 0. The van der Waals surface area contributed by atoms with E-state index < -0.39 is 0 Å². The van der Waals surface area contributed by atoms with Gasteiger partial charge in [-0.05, 0) is 20.2 Å². The summed E-state index contributed by atoms with van der Waals surface area (Å²) in [5.74, 6) is 0. The smallest absolute Gasteiger partial charge is 0.125 e. The summed E-state index contributed by atoms with van der Waals surface area (Å²) >= 11 is 0. The maximum atomic E-state index is 9.22. The van der Waals surface area contributed by atoms with Gasteiger partial charge < -0.3 is 4.57 Å². The fraction of sp³-hybridized carbons (Fsp3) is 0.308. The number of rotatable bonds is 2. The van der Waals surface area contributed by atoms with Crippen molar-refractivity contribution in [1.29, 1.82) is 5.26 Å². The molecule has 82 valence electrons. The zero-order chi connectivity index (χ0) is 11.7. The van der Waals surface area contributed by atoms with E-state index in [9.17, 15) is 5.26 Å². The molecule has 0 N–H and O–H groups in total. The van der Waals surface area contributed by atoms with Gasteiger partial charge in [-0.2, -0.15) is 5.26 Å². The first-order valence-electron chi connectivity index (χ1n) is 5.25. The Balaban J connectivity index is 2.66. The van der Waals surface area contributed by atoms with Gasteiger partial charge in [0.2, 0.25) is 0 Å². The second-order valence-electron chi connectivity index (χ2n) is 4.21. The molecule has 3 nitrogen and oxygen atoms in total. The Morgan fingerprint density at radius 2 is 2.00 bits per heavy atom. The first-order chi connectivity index (χ1) is 7.65. The largest absolute Gasteiger partial charge is 0.350 e. The molecule has 0 aliphatic heterocycles. The highest BCUT2D eigenvalue weighted by atomic mass is 15.1. The zero-order valence-electron chi connectivity index (χ0n) is 9.81. The average Bonchev–Trinajstić information content (AvgIpc) is 2.58. The van der Waals surface area contributed by atoms with Crippen LogP contribution in [0, 0.1) is 11.3 Å². The van der Waals surface area contributed by atoms with E-state index in [1.807, 2.05) is 44.4 Å². The molecule has 1 aromatic heterocycles. The number of hydrogen-bond donors (Lipinski definition) is 0. The predicted octanol–water partition coefficient (Wildman–Crippen LogP) is 2.30. The number of aromatic nitrogens is 1. The molecule has 1 unspecified atom stereocenters. The number of para-hydroxylation sites is 1. The molecular weight excluding hydrogens is 198 g/mol. The maximum Gasteiger partial charge on any atom is 0.125 e. The van der Waals surface area contributed by atoms with Crippen LogP contribution in [0.3, 0.4) is 0 Å². The number of nitriles is 1. The van der Waals surface area contributed by atoms with Crippen LogP contribution in [-0.2, 0) is 7.05 Å². The second-order valence-corrected chi connectivity index (χ2v) is 4.21. The number of benzene rings is 1. The van der Waals surface area contributed by atoms with Crippen molar-refractivity contribution in [3.8, 4) is 6.07 Å². The molecule has 0 bridgehead atoms. The highest BCUT2D eigenvalue weighted by molar-refractivity contribution is 5.84. The third kappa shape index (κ3) is 1.58. The van der Waals surface area contributed by atoms with Crippen molar-refractivity contribution in [2.24, 2.45) is 7.05 Å². The highest BCUT2D eigenvalue weighted by Crippen LogP contribution is 2.27. The van der Waals surface area contributed by atoms with Crippen molar-refractivity contribution < 1.29 is 0 Å². The van der Waals surface area contributed by atoms with E-state index in [-0.39, 0.29) is 6.04 Å². The van der Waals surface area contributed by atoms with Gasteiger partial charge in [-0.15, -0.1) is 0 Å². The van der Waals surface area contributed by atoms with Crippen molar-refractivity contribution in [2.45, 2.75) is 6.04 Å². The van der Waals surface area contributed by atoms with E-state index in [0.29, 0.717) is 0 Å². The van der Waals surface area contributed by atoms with Crippen molar-refractivity contribution >= 4 is 10.9 Å². The normalized spacial score (nSPS) is 12.9. The lowest BCUT2D eigenvalue weighted by Crippen LogP contribution is -2.17. The number of aryl methyl sites for hydroxylation is 1. The summed E-state index contributed by atoms with van der Waals surface area (Å²) in [5.41, 5.74) is 2.24. The Morgan fingerprint density at radius 1 is 1.31 bits per heavy atom. The number of fused-ring (bicyclic) bond motifs is 1. The van der Waals surface area contributed by atoms with E-state index in [2.05, 4.69) is 22.8 Å². The van der Waals surface area contributed by atoms with Crippen LogP contribution in [0.15, 0.2) is 30.5 Å². The summed E-state index contributed by atoms with van der Waals surface area (Å²) < 4.78 is 2.07. The maximum absolute atomic E-state index is 9.22. The van der Waals surface area contributed by atoms with Crippen LogP contribution in [0.5, 0.6) is 0 Å². The molecule has 2 rings (SSSR count). The standard InChI is InChI=1S/C13H15N3/c1-15(2)13(8-14)11-9-16(3)12-7-5-4-6-10(11)12/h4-7,9,13H,1-3H3. The van der Waals surface area contributed by atoms with Crippen LogP contribution in [0.4, 0.5) is 0 Å². The molecular formula is C13H15N3. The lowest BCUT2D eigenvalue weighted by molar-refractivity contribution is 0.359. The first-order valence-corrected chi connectivity index (χ1v) is 5.25. The molecule has 1 aromatic carbocycles. The Hall–Kier alpha value is -1.79. The Bertz CT molecular complexity index is 546. The second kappa shape index (κ2) is 3.99. The molecule has 16 heavy (non-hydrogen) atoms. The molecule has 0 saturated heterocycles. The zero-order valence-corrected chi connectivity index (χ0v) is 9.81. The van der Waals surface area contributed by atoms with E-state index in [4.69, 9.17) is 0 Å². The highest BCUT2D eigenvalue weighted by Gasteiger charge is 2.17. The van der Waals surface area contributed by atoms with Crippen molar-refractivity contribution in [1.82, 2.24) is 9.47 Å². The molecule has 0 spiro atoms. The Labute approximate surface area is 95.5 Å². The fourth-order valence-electron chi connectivity index (χ4n) is 2.05. The molecule has 0 amide bonds. The first kappa shape index (κ1) is 10.7. The SMILES string of the molecule is CN(C)C(C#N)c1cn(C)c2ccccc12. The van der Waals surface area contributed by atoms with E-state index >= 15 is 0 Å². The van der Waals surface area contributed by atoms with Gasteiger partial charge in [-0.3, -0.25) is 4.90 Å². The van der Waals surface area contributed by atoms with Gasteiger partial charge in [0.1, 0.15) is 6.04 Å². The summed E-state index contributed by atoms with van der Waals surface area (Å²) in [6, 6.07) is 10.3.